The molecular formula is C22H33NO5S. The molecule has 2 saturated carbocycles. The minimum absolute atomic E-state index is 0.00536. The SMILES string of the molecule is O=C(O)c1csc(C(O)CC[C@H]2CC[C@@H](O)C2/C=C/C(O)CCC2CCCC2)n1. The quantitative estimate of drug-likeness (QED) is 0.424. The summed E-state index contributed by atoms with van der Waals surface area (Å²) in [5.74, 6) is -0.0850. The summed E-state index contributed by atoms with van der Waals surface area (Å²) in [6, 6.07) is 0. The second-order valence-electron chi connectivity index (χ2n) is 8.63. The van der Waals surface area contributed by atoms with Gasteiger partial charge in [-0.3, -0.25) is 0 Å². The van der Waals surface area contributed by atoms with Gasteiger partial charge in [0.1, 0.15) is 11.1 Å². The van der Waals surface area contributed by atoms with Gasteiger partial charge in [0.25, 0.3) is 0 Å². The van der Waals surface area contributed by atoms with Crippen LogP contribution >= 0.6 is 11.3 Å². The zero-order chi connectivity index (χ0) is 20.8. The Labute approximate surface area is 176 Å². The number of thiazole rings is 1. The third kappa shape index (κ3) is 6.35. The Bertz CT molecular complexity index is 684. The molecule has 6 nitrogen and oxygen atoms in total. The van der Waals surface area contributed by atoms with E-state index in [4.69, 9.17) is 5.11 Å². The van der Waals surface area contributed by atoms with Gasteiger partial charge in [0.2, 0.25) is 0 Å². The fourth-order valence-corrected chi connectivity index (χ4v) is 5.61. The van der Waals surface area contributed by atoms with E-state index in [-0.39, 0.29) is 17.5 Å². The van der Waals surface area contributed by atoms with E-state index in [1.807, 2.05) is 12.2 Å². The lowest BCUT2D eigenvalue weighted by Crippen LogP contribution is -2.18. The van der Waals surface area contributed by atoms with Crippen molar-refractivity contribution in [3.8, 4) is 0 Å². The second kappa shape index (κ2) is 10.7. The molecule has 7 heteroatoms. The Morgan fingerprint density at radius 2 is 1.93 bits per heavy atom. The number of aliphatic hydroxyl groups excluding tert-OH is 3. The Morgan fingerprint density at radius 3 is 2.62 bits per heavy atom. The molecule has 3 rings (SSSR count). The summed E-state index contributed by atoms with van der Waals surface area (Å²) in [4.78, 5) is 14.9. The molecule has 0 spiro atoms. The summed E-state index contributed by atoms with van der Waals surface area (Å²) in [5.41, 5.74) is -0.0345. The molecule has 0 bridgehead atoms. The Hall–Kier alpha value is -1.28. The van der Waals surface area contributed by atoms with E-state index in [2.05, 4.69) is 4.98 Å². The highest BCUT2D eigenvalue weighted by molar-refractivity contribution is 7.09. The van der Waals surface area contributed by atoms with E-state index >= 15 is 0 Å². The highest BCUT2D eigenvalue weighted by atomic mass is 32.1. The summed E-state index contributed by atoms with van der Waals surface area (Å²) in [6.07, 6.45) is 12.1. The van der Waals surface area contributed by atoms with Crippen LogP contribution in [0.5, 0.6) is 0 Å². The topological polar surface area (TPSA) is 111 Å². The molecule has 29 heavy (non-hydrogen) atoms. The zero-order valence-corrected chi connectivity index (χ0v) is 17.6. The van der Waals surface area contributed by atoms with Crippen LogP contribution in [-0.2, 0) is 0 Å². The average molecular weight is 424 g/mol. The molecule has 162 valence electrons. The van der Waals surface area contributed by atoms with E-state index in [1.54, 1.807) is 0 Å². The summed E-state index contributed by atoms with van der Waals surface area (Å²) < 4.78 is 0. The number of hydrogen-bond donors (Lipinski definition) is 4. The van der Waals surface area contributed by atoms with Gasteiger partial charge >= 0.3 is 5.97 Å². The maximum atomic E-state index is 10.9. The van der Waals surface area contributed by atoms with Crippen LogP contribution in [0, 0.1) is 17.8 Å². The molecule has 0 aliphatic heterocycles. The third-order valence-corrected chi connectivity index (χ3v) is 7.51. The lowest BCUT2D eigenvalue weighted by atomic mass is 9.88. The molecule has 0 saturated heterocycles. The standard InChI is InChI=1S/C22H33NO5S/c24-16(8-5-14-3-1-2-4-14)9-10-17-15(6-11-19(17)25)7-12-20(26)21-23-18(13-29-21)22(27)28/h9-10,13-17,19-20,24-26H,1-8,11-12H2,(H,27,28)/b10-9+/t15-,16?,17?,19-,20?/m1/s1. The first kappa shape index (κ1) is 22.4. The van der Waals surface area contributed by atoms with Crippen LogP contribution in [0.3, 0.4) is 0 Å². The fraction of sp³-hybridized carbons (Fsp3) is 0.727. The molecule has 2 fully saturated rings. The third-order valence-electron chi connectivity index (χ3n) is 6.56. The van der Waals surface area contributed by atoms with Crippen molar-refractivity contribution >= 4 is 17.3 Å². The molecule has 2 aliphatic rings. The Morgan fingerprint density at radius 1 is 1.17 bits per heavy atom. The molecule has 1 aromatic heterocycles. The largest absolute Gasteiger partial charge is 0.476 e. The minimum Gasteiger partial charge on any atom is -0.476 e. The average Bonchev–Trinajstić information content (AvgIpc) is 3.44. The Kier molecular flexibility index (Phi) is 8.24. The van der Waals surface area contributed by atoms with Crippen molar-refractivity contribution in [2.24, 2.45) is 17.8 Å². The number of aromatic carboxylic acids is 1. The molecule has 0 amide bonds. The predicted octanol–water partition coefficient (Wildman–Crippen LogP) is 3.93. The van der Waals surface area contributed by atoms with E-state index in [0.29, 0.717) is 11.4 Å². The van der Waals surface area contributed by atoms with Crippen LogP contribution < -0.4 is 0 Å². The van der Waals surface area contributed by atoms with Gasteiger partial charge in [-0.15, -0.1) is 11.3 Å². The van der Waals surface area contributed by atoms with Crippen molar-refractivity contribution in [3.05, 3.63) is 28.2 Å². The van der Waals surface area contributed by atoms with Crippen molar-refractivity contribution in [3.63, 3.8) is 0 Å². The molecule has 3 unspecified atom stereocenters. The maximum Gasteiger partial charge on any atom is 0.355 e. The summed E-state index contributed by atoms with van der Waals surface area (Å²) in [7, 11) is 0. The summed E-state index contributed by atoms with van der Waals surface area (Å²) in [6.45, 7) is 0. The van der Waals surface area contributed by atoms with Gasteiger partial charge in [-0.2, -0.15) is 0 Å². The van der Waals surface area contributed by atoms with Crippen molar-refractivity contribution in [1.82, 2.24) is 4.98 Å². The molecule has 4 N–H and O–H groups in total. The number of nitrogens with zero attached hydrogens (tertiary/aromatic N) is 1. The van der Waals surface area contributed by atoms with Gasteiger partial charge in [0, 0.05) is 11.3 Å². The van der Waals surface area contributed by atoms with Crippen molar-refractivity contribution in [2.75, 3.05) is 0 Å². The fourth-order valence-electron chi connectivity index (χ4n) is 4.80. The number of carboxylic acid groups (broad SMARTS) is 1. The molecular weight excluding hydrogens is 390 g/mol. The number of aromatic nitrogens is 1. The van der Waals surface area contributed by atoms with Gasteiger partial charge in [-0.25, -0.2) is 9.78 Å². The van der Waals surface area contributed by atoms with Crippen molar-refractivity contribution in [2.45, 2.75) is 82.5 Å². The highest BCUT2D eigenvalue weighted by Crippen LogP contribution is 2.38. The molecule has 0 radical (unpaired) electrons. The van der Waals surface area contributed by atoms with Crippen molar-refractivity contribution in [1.29, 1.82) is 0 Å². The smallest absolute Gasteiger partial charge is 0.355 e. The monoisotopic (exact) mass is 423 g/mol. The number of carbonyl (C=O) groups is 1. The molecule has 5 atom stereocenters. The number of rotatable bonds is 10. The number of hydrogen-bond acceptors (Lipinski definition) is 6. The second-order valence-corrected chi connectivity index (χ2v) is 9.52. The first-order valence-corrected chi connectivity index (χ1v) is 11.7. The van der Waals surface area contributed by atoms with E-state index in [0.717, 1.165) is 49.4 Å². The highest BCUT2D eigenvalue weighted by Gasteiger charge is 2.33. The van der Waals surface area contributed by atoms with E-state index in [9.17, 15) is 20.1 Å². The zero-order valence-electron chi connectivity index (χ0n) is 16.8. The van der Waals surface area contributed by atoms with Crippen LogP contribution in [0.4, 0.5) is 0 Å². The summed E-state index contributed by atoms with van der Waals surface area (Å²) >= 11 is 1.16. The Balaban J connectivity index is 1.47. The van der Waals surface area contributed by atoms with Gasteiger partial charge in [-0.1, -0.05) is 37.8 Å². The van der Waals surface area contributed by atoms with Gasteiger partial charge in [-0.05, 0) is 50.4 Å². The van der Waals surface area contributed by atoms with Gasteiger partial charge < -0.3 is 20.4 Å². The van der Waals surface area contributed by atoms with Gasteiger partial charge in [0.15, 0.2) is 5.69 Å². The number of carboxylic acids is 1. The van der Waals surface area contributed by atoms with E-state index < -0.39 is 24.3 Å². The van der Waals surface area contributed by atoms with Crippen LogP contribution in [0.15, 0.2) is 17.5 Å². The lowest BCUT2D eigenvalue weighted by Gasteiger charge is -2.20. The molecule has 1 heterocycles. The lowest BCUT2D eigenvalue weighted by molar-refractivity contribution is 0.0690. The van der Waals surface area contributed by atoms with Crippen molar-refractivity contribution < 1.29 is 25.2 Å². The first-order chi connectivity index (χ1) is 13.9. The minimum atomic E-state index is -1.09. The van der Waals surface area contributed by atoms with Crippen LogP contribution in [0.1, 0.15) is 85.8 Å². The van der Waals surface area contributed by atoms with E-state index in [1.165, 1.54) is 31.1 Å². The summed E-state index contributed by atoms with van der Waals surface area (Å²) in [5, 5.41) is 41.8. The molecule has 1 aromatic rings. The number of aliphatic hydroxyl groups is 3. The molecule has 2 aliphatic carbocycles. The van der Waals surface area contributed by atoms with Crippen LogP contribution in [0.2, 0.25) is 0 Å². The molecule has 0 aromatic carbocycles. The normalized spacial score (nSPS) is 27.6. The van der Waals surface area contributed by atoms with Gasteiger partial charge in [0.05, 0.1) is 12.2 Å². The van der Waals surface area contributed by atoms with Crippen LogP contribution in [-0.4, -0.2) is 43.6 Å². The predicted molar refractivity (Wildman–Crippen MR) is 112 cm³/mol. The van der Waals surface area contributed by atoms with Crippen LogP contribution in [0.25, 0.3) is 0 Å². The maximum absolute atomic E-state index is 10.9. The first-order valence-electron chi connectivity index (χ1n) is 10.8.